The van der Waals surface area contributed by atoms with E-state index in [1.54, 1.807) is 0 Å². The SMILES string of the molecule is CCOC(=O)C(N)C1(N2CCCC2)CC2CCC1(C)C2(C)C. The Morgan fingerprint density at radius 1 is 1.32 bits per heavy atom. The Morgan fingerprint density at radius 3 is 2.41 bits per heavy atom. The lowest BCUT2D eigenvalue weighted by Crippen LogP contribution is -2.69. The molecule has 0 radical (unpaired) electrons. The minimum Gasteiger partial charge on any atom is -0.465 e. The third-order valence-electron chi connectivity index (χ3n) is 7.67. The van der Waals surface area contributed by atoms with Crippen molar-refractivity contribution in [1.82, 2.24) is 4.90 Å². The van der Waals surface area contributed by atoms with Crippen molar-refractivity contribution in [2.24, 2.45) is 22.5 Å². The number of fused-ring (bicyclic) bond motifs is 2. The predicted octanol–water partition coefficient (Wildman–Crippen LogP) is 2.56. The first-order chi connectivity index (χ1) is 10.3. The van der Waals surface area contributed by atoms with Crippen LogP contribution in [0.25, 0.3) is 0 Å². The van der Waals surface area contributed by atoms with Crippen LogP contribution in [-0.4, -0.2) is 42.1 Å². The monoisotopic (exact) mass is 308 g/mol. The van der Waals surface area contributed by atoms with E-state index in [2.05, 4.69) is 25.7 Å². The minimum atomic E-state index is -0.528. The second-order valence-electron chi connectivity index (χ2n) is 8.34. The lowest BCUT2D eigenvalue weighted by Gasteiger charge is -2.55. The van der Waals surface area contributed by atoms with Crippen molar-refractivity contribution in [3.05, 3.63) is 0 Å². The standard InChI is InChI=1S/C18H32N2O2/c1-5-22-15(21)14(19)18(20-10-6-7-11-20)12-13-8-9-17(18,4)16(13,2)3/h13-14H,5-12,19H2,1-4H3. The van der Waals surface area contributed by atoms with E-state index in [1.807, 2.05) is 6.92 Å². The molecule has 0 aromatic heterocycles. The fourth-order valence-corrected chi connectivity index (χ4v) is 6.02. The molecule has 2 saturated carbocycles. The molecule has 0 spiro atoms. The van der Waals surface area contributed by atoms with Crippen LogP contribution in [0.1, 0.15) is 59.8 Å². The van der Waals surface area contributed by atoms with Crippen molar-refractivity contribution in [3.63, 3.8) is 0 Å². The third-order valence-corrected chi connectivity index (χ3v) is 7.67. The highest BCUT2D eigenvalue weighted by atomic mass is 16.5. The zero-order valence-electron chi connectivity index (χ0n) is 14.7. The minimum absolute atomic E-state index is 0.0845. The van der Waals surface area contributed by atoms with Gasteiger partial charge in [0, 0.05) is 0 Å². The summed E-state index contributed by atoms with van der Waals surface area (Å²) in [6, 6.07) is -0.528. The highest BCUT2D eigenvalue weighted by Crippen LogP contribution is 2.72. The molecule has 4 atom stereocenters. The van der Waals surface area contributed by atoms with Crippen LogP contribution in [0.5, 0.6) is 0 Å². The van der Waals surface area contributed by atoms with E-state index < -0.39 is 6.04 Å². The van der Waals surface area contributed by atoms with E-state index in [0.717, 1.165) is 19.5 Å². The zero-order valence-corrected chi connectivity index (χ0v) is 14.7. The summed E-state index contributed by atoms with van der Waals surface area (Å²) in [5.41, 5.74) is 6.70. The number of nitrogens with zero attached hydrogens (tertiary/aromatic N) is 1. The molecule has 3 aliphatic rings. The van der Waals surface area contributed by atoms with Crippen LogP contribution < -0.4 is 5.73 Å². The first kappa shape index (κ1) is 16.3. The van der Waals surface area contributed by atoms with Crippen LogP contribution in [0.4, 0.5) is 0 Å². The van der Waals surface area contributed by atoms with Gasteiger partial charge >= 0.3 is 5.97 Å². The van der Waals surface area contributed by atoms with Crippen LogP contribution in [-0.2, 0) is 9.53 Å². The van der Waals surface area contributed by atoms with Crippen LogP contribution in [0.15, 0.2) is 0 Å². The molecule has 1 saturated heterocycles. The Balaban J connectivity index is 2.04. The summed E-state index contributed by atoms with van der Waals surface area (Å²) >= 11 is 0. The number of likely N-dealkylation sites (tertiary alicyclic amines) is 1. The number of rotatable bonds is 4. The van der Waals surface area contributed by atoms with E-state index >= 15 is 0 Å². The van der Waals surface area contributed by atoms with Crippen molar-refractivity contribution in [2.45, 2.75) is 71.4 Å². The highest BCUT2D eigenvalue weighted by Gasteiger charge is 2.73. The average Bonchev–Trinajstić information content (AvgIpc) is 3.11. The van der Waals surface area contributed by atoms with Crippen molar-refractivity contribution in [3.8, 4) is 0 Å². The molecule has 2 bridgehead atoms. The summed E-state index contributed by atoms with van der Waals surface area (Å²) < 4.78 is 5.33. The van der Waals surface area contributed by atoms with E-state index in [9.17, 15) is 4.79 Å². The molecular formula is C18H32N2O2. The molecule has 22 heavy (non-hydrogen) atoms. The number of carbonyl (C=O) groups excluding carboxylic acids is 1. The predicted molar refractivity (Wildman–Crippen MR) is 87.4 cm³/mol. The molecule has 3 fully saturated rings. The van der Waals surface area contributed by atoms with Crippen LogP contribution in [0, 0.1) is 16.7 Å². The number of ether oxygens (including phenoxy) is 1. The van der Waals surface area contributed by atoms with Crippen molar-refractivity contribution in [1.29, 1.82) is 0 Å². The third kappa shape index (κ3) is 1.80. The average molecular weight is 308 g/mol. The van der Waals surface area contributed by atoms with Gasteiger partial charge in [-0.15, -0.1) is 0 Å². The topological polar surface area (TPSA) is 55.6 Å². The maximum Gasteiger partial charge on any atom is 0.324 e. The maximum absolute atomic E-state index is 12.5. The molecule has 0 aromatic rings. The molecule has 2 aliphatic carbocycles. The number of hydrogen-bond donors (Lipinski definition) is 1. The van der Waals surface area contributed by atoms with E-state index in [1.165, 1.54) is 25.7 Å². The highest BCUT2D eigenvalue weighted by molar-refractivity contribution is 5.78. The Hall–Kier alpha value is -0.610. The number of esters is 1. The second-order valence-corrected chi connectivity index (χ2v) is 8.34. The van der Waals surface area contributed by atoms with Crippen LogP contribution >= 0.6 is 0 Å². The molecule has 1 heterocycles. The Labute approximate surface area is 134 Å². The number of carbonyl (C=O) groups is 1. The number of nitrogens with two attached hydrogens (primary N) is 1. The summed E-state index contributed by atoms with van der Waals surface area (Å²) in [6.07, 6.45) is 5.94. The van der Waals surface area contributed by atoms with Gasteiger partial charge in [-0.05, 0) is 68.9 Å². The van der Waals surface area contributed by atoms with Crippen molar-refractivity contribution >= 4 is 5.97 Å². The molecule has 1 aliphatic heterocycles. The van der Waals surface area contributed by atoms with Gasteiger partial charge in [-0.3, -0.25) is 9.69 Å². The summed E-state index contributed by atoms with van der Waals surface area (Å²) in [5, 5.41) is 0. The summed E-state index contributed by atoms with van der Waals surface area (Å²) in [5.74, 6) is 0.456. The van der Waals surface area contributed by atoms with Crippen LogP contribution in [0.2, 0.25) is 0 Å². The smallest absolute Gasteiger partial charge is 0.324 e. The van der Waals surface area contributed by atoms with Crippen molar-refractivity contribution in [2.75, 3.05) is 19.7 Å². The lowest BCUT2D eigenvalue weighted by molar-refractivity contribution is -0.154. The summed E-state index contributed by atoms with van der Waals surface area (Å²) in [6.45, 7) is 11.6. The van der Waals surface area contributed by atoms with E-state index in [-0.39, 0.29) is 22.3 Å². The summed E-state index contributed by atoms with van der Waals surface area (Å²) in [4.78, 5) is 15.1. The normalized spacial score (nSPS) is 41.8. The number of hydrogen-bond acceptors (Lipinski definition) is 4. The molecule has 4 unspecified atom stereocenters. The van der Waals surface area contributed by atoms with Gasteiger partial charge < -0.3 is 10.5 Å². The molecule has 4 nitrogen and oxygen atoms in total. The van der Waals surface area contributed by atoms with Gasteiger partial charge in [-0.25, -0.2) is 0 Å². The van der Waals surface area contributed by atoms with Gasteiger partial charge in [0.1, 0.15) is 6.04 Å². The van der Waals surface area contributed by atoms with E-state index in [4.69, 9.17) is 10.5 Å². The summed E-state index contributed by atoms with van der Waals surface area (Å²) in [7, 11) is 0. The largest absolute Gasteiger partial charge is 0.465 e. The van der Waals surface area contributed by atoms with Gasteiger partial charge in [-0.2, -0.15) is 0 Å². The quantitative estimate of drug-likeness (QED) is 0.811. The first-order valence-corrected chi connectivity index (χ1v) is 8.98. The molecular weight excluding hydrogens is 276 g/mol. The Morgan fingerprint density at radius 2 is 1.95 bits per heavy atom. The molecule has 0 amide bonds. The maximum atomic E-state index is 12.5. The molecule has 3 rings (SSSR count). The van der Waals surface area contributed by atoms with E-state index in [0.29, 0.717) is 12.5 Å². The van der Waals surface area contributed by atoms with Crippen LogP contribution in [0.3, 0.4) is 0 Å². The van der Waals surface area contributed by atoms with Gasteiger partial charge in [-0.1, -0.05) is 20.8 Å². The Bertz CT molecular complexity index is 458. The van der Waals surface area contributed by atoms with Crippen molar-refractivity contribution < 1.29 is 9.53 Å². The van der Waals surface area contributed by atoms with Gasteiger partial charge in [0.2, 0.25) is 0 Å². The molecule has 4 heteroatoms. The zero-order chi connectivity index (χ0) is 16.2. The fraction of sp³-hybridized carbons (Fsp3) is 0.944. The second kappa shape index (κ2) is 5.20. The first-order valence-electron chi connectivity index (χ1n) is 8.98. The van der Waals surface area contributed by atoms with Gasteiger partial charge in [0.05, 0.1) is 12.1 Å². The van der Waals surface area contributed by atoms with Gasteiger partial charge in [0.15, 0.2) is 0 Å². The lowest BCUT2D eigenvalue weighted by atomic mass is 9.59. The Kier molecular flexibility index (Phi) is 3.84. The molecule has 2 N–H and O–H groups in total. The molecule has 0 aromatic carbocycles. The molecule has 126 valence electrons. The fourth-order valence-electron chi connectivity index (χ4n) is 6.02. The van der Waals surface area contributed by atoms with Gasteiger partial charge in [0.25, 0.3) is 0 Å².